The summed E-state index contributed by atoms with van der Waals surface area (Å²) in [5.41, 5.74) is 3.08. The number of thiophene rings is 1. The highest BCUT2D eigenvalue weighted by Gasteiger charge is 2.22. The number of amides is 2. The third kappa shape index (κ3) is 6.68. The largest absolute Gasteiger partial charge is 0.352 e. The molecule has 5 nitrogen and oxygen atoms in total. The Kier molecular flexibility index (Phi) is 7.83. The van der Waals surface area contributed by atoms with Gasteiger partial charge >= 0.3 is 0 Å². The van der Waals surface area contributed by atoms with Gasteiger partial charge < -0.3 is 10.6 Å². The van der Waals surface area contributed by atoms with E-state index in [0.29, 0.717) is 18.7 Å². The van der Waals surface area contributed by atoms with Gasteiger partial charge in [0.05, 0.1) is 0 Å². The maximum absolute atomic E-state index is 12.2. The fourth-order valence-electron chi connectivity index (χ4n) is 4.11. The summed E-state index contributed by atoms with van der Waals surface area (Å²) in [5, 5.41) is 9.45. The lowest BCUT2D eigenvalue weighted by molar-refractivity contribution is -0.121. The van der Waals surface area contributed by atoms with Crippen LogP contribution >= 0.6 is 11.3 Å². The van der Waals surface area contributed by atoms with E-state index in [0.717, 1.165) is 37.0 Å². The first kappa shape index (κ1) is 21.5. The first-order valence-corrected chi connectivity index (χ1v) is 11.3. The normalized spacial score (nSPS) is 19.7. The van der Waals surface area contributed by atoms with Crippen LogP contribution in [0.4, 0.5) is 0 Å². The zero-order chi connectivity index (χ0) is 20.6. The summed E-state index contributed by atoms with van der Waals surface area (Å²) in [6, 6.07) is 10.1. The number of piperidine rings is 1. The molecule has 0 saturated carbocycles. The Morgan fingerprint density at radius 1 is 1.07 bits per heavy atom. The van der Waals surface area contributed by atoms with E-state index in [-0.39, 0.29) is 18.2 Å². The number of carbonyl (C=O) groups excluding carboxylic acids is 2. The van der Waals surface area contributed by atoms with E-state index in [1.54, 1.807) is 11.4 Å². The van der Waals surface area contributed by atoms with Gasteiger partial charge in [-0.05, 0) is 40.8 Å². The van der Waals surface area contributed by atoms with Crippen LogP contribution in [0.5, 0.6) is 0 Å². The quantitative estimate of drug-likeness (QED) is 0.694. The average Bonchev–Trinajstić information content (AvgIpc) is 3.21. The van der Waals surface area contributed by atoms with Crippen molar-refractivity contribution in [3.63, 3.8) is 0 Å². The monoisotopic (exact) mass is 413 g/mol. The maximum Gasteiger partial charge on any atom is 0.252 e. The van der Waals surface area contributed by atoms with Gasteiger partial charge in [-0.25, -0.2) is 0 Å². The molecule has 1 saturated heterocycles. The third-order valence-corrected chi connectivity index (χ3v) is 6.04. The molecule has 2 heterocycles. The molecule has 0 radical (unpaired) electrons. The van der Waals surface area contributed by atoms with E-state index in [4.69, 9.17) is 0 Å². The highest BCUT2D eigenvalue weighted by Crippen LogP contribution is 2.23. The molecule has 1 aliphatic heterocycles. The second-order valence-corrected chi connectivity index (χ2v) is 8.98. The van der Waals surface area contributed by atoms with Crippen LogP contribution in [-0.4, -0.2) is 36.3 Å². The lowest BCUT2D eigenvalue weighted by Crippen LogP contribution is -2.38. The second kappa shape index (κ2) is 10.6. The Bertz CT molecular complexity index is 796. The fourth-order valence-corrected chi connectivity index (χ4v) is 4.75. The van der Waals surface area contributed by atoms with E-state index >= 15 is 0 Å². The lowest BCUT2D eigenvalue weighted by atomic mass is 9.91. The van der Waals surface area contributed by atoms with Gasteiger partial charge in [0.2, 0.25) is 5.91 Å². The molecule has 2 N–H and O–H groups in total. The highest BCUT2D eigenvalue weighted by atomic mass is 32.1. The zero-order valence-electron chi connectivity index (χ0n) is 17.3. The molecule has 2 aromatic rings. The van der Waals surface area contributed by atoms with Gasteiger partial charge in [0.25, 0.3) is 5.91 Å². The van der Waals surface area contributed by atoms with Crippen molar-refractivity contribution in [1.82, 2.24) is 15.5 Å². The van der Waals surface area contributed by atoms with Crippen LogP contribution in [0.25, 0.3) is 0 Å². The molecule has 0 unspecified atom stereocenters. The van der Waals surface area contributed by atoms with Crippen molar-refractivity contribution in [3.05, 3.63) is 57.8 Å². The third-order valence-electron chi connectivity index (χ3n) is 5.35. The zero-order valence-corrected chi connectivity index (χ0v) is 18.1. The second-order valence-electron chi connectivity index (χ2n) is 8.20. The van der Waals surface area contributed by atoms with Gasteiger partial charge in [0.1, 0.15) is 0 Å². The molecule has 1 fully saturated rings. The summed E-state index contributed by atoms with van der Waals surface area (Å²) in [6.07, 6.45) is 1.58. The van der Waals surface area contributed by atoms with Crippen LogP contribution in [0.15, 0.2) is 41.1 Å². The van der Waals surface area contributed by atoms with Gasteiger partial charge in [0, 0.05) is 50.1 Å². The van der Waals surface area contributed by atoms with Gasteiger partial charge in [0.15, 0.2) is 0 Å². The van der Waals surface area contributed by atoms with Crippen molar-refractivity contribution in [2.45, 2.75) is 39.8 Å². The van der Waals surface area contributed by atoms with Crippen molar-refractivity contribution >= 4 is 23.2 Å². The number of carbonyl (C=O) groups is 2. The topological polar surface area (TPSA) is 61.4 Å². The molecule has 6 heteroatoms. The molecule has 156 valence electrons. The molecule has 29 heavy (non-hydrogen) atoms. The van der Waals surface area contributed by atoms with Crippen LogP contribution in [0.1, 0.15) is 48.2 Å². The minimum Gasteiger partial charge on any atom is -0.352 e. The van der Waals surface area contributed by atoms with Crippen molar-refractivity contribution in [3.8, 4) is 0 Å². The predicted octanol–water partition coefficient (Wildman–Crippen LogP) is 3.66. The molecule has 3 rings (SSSR count). The molecule has 2 amide bonds. The maximum atomic E-state index is 12.2. The van der Waals surface area contributed by atoms with Gasteiger partial charge in [-0.15, -0.1) is 0 Å². The SMILES string of the molecule is C[C@@H]1C[C@H](C)CN(Cc2ccccc2CNC(=O)CCNC(=O)c2ccsc2)C1. The number of benzene rings is 1. The number of nitrogens with zero attached hydrogens (tertiary/aromatic N) is 1. The Balaban J connectivity index is 1.45. The summed E-state index contributed by atoms with van der Waals surface area (Å²) in [7, 11) is 0. The summed E-state index contributed by atoms with van der Waals surface area (Å²) < 4.78 is 0. The van der Waals surface area contributed by atoms with Crippen LogP contribution in [0.3, 0.4) is 0 Å². The van der Waals surface area contributed by atoms with Crippen LogP contribution in [-0.2, 0) is 17.9 Å². The van der Waals surface area contributed by atoms with Gasteiger partial charge in [-0.1, -0.05) is 38.1 Å². The van der Waals surface area contributed by atoms with Crippen molar-refractivity contribution < 1.29 is 9.59 Å². The molecule has 0 spiro atoms. The van der Waals surface area contributed by atoms with Crippen molar-refractivity contribution in [2.75, 3.05) is 19.6 Å². The van der Waals surface area contributed by atoms with Crippen LogP contribution in [0.2, 0.25) is 0 Å². The molecule has 2 atom stereocenters. The number of rotatable bonds is 8. The molecule has 1 aromatic carbocycles. The molecule has 1 aromatic heterocycles. The summed E-state index contributed by atoms with van der Waals surface area (Å²) in [6.45, 7) is 8.71. The van der Waals surface area contributed by atoms with Crippen molar-refractivity contribution in [2.24, 2.45) is 11.8 Å². The van der Waals surface area contributed by atoms with E-state index in [1.165, 1.54) is 23.3 Å². The van der Waals surface area contributed by atoms with E-state index in [1.807, 2.05) is 11.4 Å². The number of likely N-dealkylation sites (tertiary alicyclic amines) is 1. The molecular formula is C23H31N3O2S. The summed E-state index contributed by atoms with van der Waals surface area (Å²) in [4.78, 5) is 26.6. The first-order valence-electron chi connectivity index (χ1n) is 10.4. The van der Waals surface area contributed by atoms with E-state index in [2.05, 4.69) is 47.6 Å². The summed E-state index contributed by atoms with van der Waals surface area (Å²) in [5.74, 6) is 1.28. The molecule has 1 aliphatic rings. The number of hydrogen-bond donors (Lipinski definition) is 2. The smallest absolute Gasteiger partial charge is 0.252 e. The number of nitrogens with one attached hydrogen (secondary N) is 2. The Morgan fingerprint density at radius 3 is 2.48 bits per heavy atom. The standard InChI is InChI=1S/C23H31N3O2S/c1-17-11-18(2)14-26(13-17)15-20-6-4-3-5-19(20)12-25-22(27)7-9-24-23(28)21-8-10-29-16-21/h3-6,8,10,16-18H,7,9,11-15H2,1-2H3,(H,24,28)(H,25,27)/t17-,18+. The Morgan fingerprint density at radius 2 is 1.79 bits per heavy atom. The van der Waals surface area contributed by atoms with Gasteiger partial charge in [-0.3, -0.25) is 14.5 Å². The predicted molar refractivity (Wildman–Crippen MR) is 118 cm³/mol. The average molecular weight is 414 g/mol. The molecule has 0 bridgehead atoms. The Labute approximate surface area is 177 Å². The Hall–Kier alpha value is -2.18. The van der Waals surface area contributed by atoms with Crippen LogP contribution in [0, 0.1) is 11.8 Å². The molecule has 0 aliphatic carbocycles. The number of hydrogen-bond acceptors (Lipinski definition) is 4. The molecular weight excluding hydrogens is 382 g/mol. The lowest BCUT2D eigenvalue weighted by Gasteiger charge is -2.35. The fraction of sp³-hybridized carbons (Fsp3) is 0.478. The highest BCUT2D eigenvalue weighted by molar-refractivity contribution is 7.08. The van der Waals surface area contributed by atoms with E-state index in [9.17, 15) is 9.59 Å². The minimum atomic E-state index is -0.130. The van der Waals surface area contributed by atoms with E-state index < -0.39 is 0 Å². The van der Waals surface area contributed by atoms with Crippen molar-refractivity contribution in [1.29, 1.82) is 0 Å². The first-order chi connectivity index (χ1) is 14.0. The minimum absolute atomic E-state index is 0.0503. The van der Waals surface area contributed by atoms with Gasteiger partial charge in [-0.2, -0.15) is 11.3 Å². The van der Waals surface area contributed by atoms with Crippen LogP contribution < -0.4 is 10.6 Å². The summed E-state index contributed by atoms with van der Waals surface area (Å²) >= 11 is 1.48.